The fraction of sp³-hybridized carbons (Fsp3) is 0.0588. The molecule has 1 aliphatic rings. The highest BCUT2D eigenvalue weighted by Gasteiger charge is 2.26. The van der Waals surface area contributed by atoms with E-state index in [-0.39, 0.29) is 29.1 Å². The molecule has 0 saturated heterocycles. The van der Waals surface area contributed by atoms with Crippen LogP contribution >= 0.6 is 0 Å². The maximum atomic E-state index is 14.3. The number of ether oxygens (including phenoxy) is 1. The number of amides is 1. The van der Waals surface area contributed by atoms with Crippen LogP contribution in [-0.2, 0) is 0 Å². The summed E-state index contributed by atoms with van der Waals surface area (Å²) in [7, 11) is 0. The Hall–Kier alpha value is -3.36. The third kappa shape index (κ3) is 3.10. The van der Waals surface area contributed by atoms with Crippen molar-refractivity contribution in [2.24, 2.45) is 16.5 Å². The zero-order valence-electron chi connectivity index (χ0n) is 13.0. The molecule has 5 nitrogen and oxygen atoms in total. The third-order valence-electron chi connectivity index (χ3n) is 3.60. The highest BCUT2D eigenvalue weighted by atomic mass is 19.1. The fourth-order valence-electron chi connectivity index (χ4n) is 2.60. The Morgan fingerprint density at radius 3 is 2.27 bits per heavy atom. The standard InChI is InChI=1S/C17H11F4N3O2/c18-8-5-11(19)14(12(20)6-8)9-1-2-26-15-10(9)3-7(4-13(15)21)16(25)24-17(22)23/h1,3-6H,2H2,(H4,22,23,24,25). The number of benzene rings is 2. The first-order valence-corrected chi connectivity index (χ1v) is 7.23. The number of guanidine groups is 1. The van der Waals surface area contributed by atoms with Crippen LogP contribution in [0.25, 0.3) is 5.57 Å². The molecule has 0 atom stereocenters. The summed E-state index contributed by atoms with van der Waals surface area (Å²) in [5, 5.41) is 0. The summed E-state index contributed by atoms with van der Waals surface area (Å²) < 4.78 is 60.9. The second-order valence-electron chi connectivity index (χ2n) is 5.35. The Balaban J connectivity index is 2.20. The molecule has 3 rings (SSSR count). The molecular formula is C17H11F4N3O2. The molecule has 0 aromatic heterocycles. The Labute approximate surface area is 144 Å². The van der Waals surface area contributed by atoms with Gasteiger partial charge in [0.2, 0.25) is 0 Å². The van der Waals surface area contributed by atoms with Gasteiger partial charge in [-0.2, -0.15) is 4.99 Å². The van der Waals surface area contributed by atoms with E-state index in [2.05, 4.69) is 4.99 Å². The molecule has 9 heteroatoms. The van der Waals surface area contributed by atoms with Crippen molar-refractivity contribution in [3.8, 4) is 5.75 Å². The first-order valence-electron chi connectivity index (χ1n) is 7.23. The van der Waals surface area contributed by atoms with Crippen molar-refractivity contribution in [3.63, 3.8) is 0 Å². The van der Waals surface area contributed by atoms with Crippen molar-refractivity contribution in [1.29, 1.82) is 0 Å². The molecule has 4 N–H and O–H groups in total. The lowest BCUT2D eigenvalue weighted by atomic mass is 9.92. The van der Waals surface area contributed by atoms with Crippen LogP contribution in [0.1, 0.15) is 21.5 Å². The van der Waals surface area contributed by atoms with E-state index in [0.29, 0.717) is 12.1 Å². The van der Waals surface area contributed by atoms with Gasteiger partial charge in [-0.1, -0.05) is 0 Å². The summed E-state index contributed by atoms with van der Waals surface area (Å²) in [6.45, 7) is -0.170. The van der Waals surface area contributed by atoms with Gasteiger partial charge in [0.05, 0.1) is 5.56 Å². The van der Waals surface area contributed by atoms with Crippen molar-refractivity contribution < 1.29 is 27.1 Å². The largest absolute Gasteiger partial charge is 0.486 e. The van der Waals surface area contributed by atoms with Gasteiger partial charge in [-0.3, -0.25) is 4.79 Å². The quantitative estimate of drug-likeness (QED) is 0.486. The summed E-state index contributed by atoms with van der Waals surface area (Å²) in [6.07, 6.45) is 1.29. The fourth-order valence-corrected chi connectivity index (χ4v) is 2.60. The van der Waals surface area contributed by atoms with E-state index in [0.717, 1.165) is 12.1 Å². The first-order chi connectivity index (χ1) is 12.3. The normalized spacial score (nSPS) is 12.7. The Bertz CT molecular complexity index is 959. The third-order valence-corrected chi connectivity index (χ3v) is 3.60. The number of aliphatic imine (C=N–C) groups is 1. The summed E-state index contributed by atoms with van der Waals surface area (Å²) >= 11 is 0. The lowest BCUT2D eigenvalue weighted by Crippen LogP contribution is -2.24. The van der Waals surface area contributed by atoms with Gasteiger partial charge in [0, 0.05) is 23.3 Å². The molecule has 1 amide bonds. The minimum Gasteiger partial charge on any atom is -0.486 e. The van der Waals surface area contributed by atoms with Crippen molar-refractivity contribution in [2.45, 2.75) is 0 Å². The number of hydrogen-bond donors (Lipinski definition) is 2. The number of hydrogen-bond acceptors (Lipinski definition) is 2. The van der Waals surface area contributed by atoms with Crippen LogP contribution in [0.2, 0.25) is 0 Å². The van der Waals surface area contributed by atoms with Crippen molar-refractivity contribution in [2.75, 3.05) is 6.61 Å². The molecule has 0 saturated carbocycles. The molecule has 0 bridgehead atoms. The van der Waals surface area contributed by atoms with Crippen LogP contribution in [0.15, 0.2) is 35.3 Å². The number of carbonyl (C=O) groups is 1. The predicted molar refractivity (Wildman–Crippen MR) is 85.4 cm³/mol. The monoisotopic (exact) mass is 365 g/mol. The van der Waals surface area contributed by atoms with Crippen molar-refractivity contribution in [1.82, 2.24) is 0 Å². The smallest absolute Gasteiger partial charge is 0.280 e. The van der Waals surface area contributed by atoms with Crippen molar-refractivity contribution in [3.05, 3.63) is 70.3 Å². The van der Waals surface area contributed by atoms with E-state index in [9.17, 15) is 22.4 Å². The molecule has 0 aliphatic carbocycles. The van der Waals surface area contributed by atoms with Crippen LogP contribution in [0.5, 0.6) is 5.75 Å². The Morgan fingerprint density at radius 2 is 1.65 bits per heavy atom. The average Bonchev–Trinajstić information content (AvgIpc) is 2.53. The summed E-state index contributed by atoms with van der Waals surface area (Å²) in [5.74, 6) is -6.17. The van der Waals surface area contributed by atoms with Gasteiger partial charge >= 0.3 is 0 Å². The minimum absolute atomic E-state index is 0.0838. The minimum atomic E-state index is -1.18. The van der Waals surface area contributed by atoms with Gasteiger partial charge in [0.15, 0.2) is 17.5 Å². The Morgan fingerprint density at radius 1 is 1.00 bits per heavy atom. The summed E-state index contributed by atoms with van der Waals surface area (Å²) in [6, 6.07) is 2.98. The zero-order valence-corrected chi connectivity index (χ0v) is 13.0. The SMILES string of the molecule is NC(N)=NC(=O)c1cc(F)c2c(c1)C(c1c(F)cc(F)cc1F)=CCO2. The van der Waals surface area contributed by atoms with E-state index in [1.165, 1.54) is 6.08 Å². The number of halogens is 4. The van der Waals surface area contributed by atoms with Gasteiger partial charge in [0.1, 0.15) is 24.1 Å². The van der Waals surface area contributed by atoms with Gasteiger partial charge in [-0.15, -0.1) is 0 Å². The number of nitrogens with zero attached hydrogens (tertiary/aromatic N) is 1. The highest BCUT2D eigenvalue weighted by Crippen LogP contribution is 2.39. The number of rotatable bonds is 2. The first kappa shape index (κ1) is 17.5. The van der Waals surface area contributed by atoms with Crippen LogP contribution < -0.4 is 16.2 Å². The van der Waals surface area contributed by atoms with Gasteiger partial charge < -0.3 is 16.2 Å². The zero-order chi connectivity index (χ0) is 19.0. The molecule has 26 heavy (non-hydrogen) atoms. The van der Waals surface area contributed by atoms with Gasteiger partial charge in [-0.05, 0) is 23.8 Å². The van der Waals surface area contributed by atoms with Crippen LogP contribution in [0, 0.1) is 23.3 Å². The molecule has 0 spiro atoms. The van der Waals surface area contributed by atoms with Gasteiger partial charge in [-0.25, -0.2) is 17.6 Å². The van der Waals surface area contributed by atoms with E-state index in [4.69, 9.17) is 16.2 Å². The van der Waals surface area contributed by atoms with Crippen LogP contribution in [0.4, 0.5) is 17.6 Å². The number of carbonyl (C=O) groups excluding carboxylic acids is 1. The number of nitrogens with two attached hydrogens (primary N) is 2. The Kier molecular flexibility index (Phi) is 4.37. The molecule has 0 unspecified atom stereocenters. The van der Waals surface area contributed by atoms with E-state index in [1.54, 1.807) is 0 Å². The molecule has 1 aliphatic heterocycles. The highest BCUT2D eigenvalue weighted by molar-refractivity contribution is 6.03. The molecule has 2 aromatic rings. The maximum absolute atomic E-state index is 14.3. The average molecular weight is 365 g/mol. The van der Waals surface area contributed by atoms with Crippen molar-refractivity contribution >= 4 is 17.4 Å². The second kappa shape index (κ2) is 6.51. The molecule has 0 fully saturated rings. The number of fused-ring (bicyclic) bond motifs is 1. The lowest BCUT2D eigenvalue weighted by molar-refractivity contribution is 0.100. The summed E-state index contributed by atoms with van der Waals surface area (Å²) in [5.41, 5.74) is 9.25. The van der Waals surface area contributed by atoms with E-state index in [1.807, 2.05) is 0 Å². The van der Waals surface area contributed by atoms with Crippen LogP contribution in [-0.4, -0.2) is 18.5 Å². The molecule has 1 heterocycles. The predicted octanol–water partition coefficient (Wildman–Crippen LogP) is 2.48. The lowest BCUT2D eigenvalue weighted by Gasteiger charge is -2.21. The van der Waals surface area contributed by atoms with Gasteiger partial charge in [0.25, 0.3) is 5.91 Å². The summed E-state index contributed by atoms with van der Waals surface area (Å²) in [4.78, 5) is 15.2. The molecular weight excluding hydrogens is 354 g/mol. The van der Waals surface area contributed by atoms with E-state index < -0.39 is 40.7 Å². The van der Waals surface area contributed by atoms with E-state index >= 15 is 0 Å². The molecule has 0 radical (unpaired) electrons. The second-order valence-corrected chi connectivity index (χ2v) is 5.35. The topological polar surface area (TPSA) is 90.7 Å². The molecule has 134 valence electrons. The van der Waals surface area contributed by atoms with Crippen LogP contribution in [0.3, 0.4) is 0 Å². The molecule has 2 aromatic carbocycles. The maximum Gasteiger partial charge on any atom is 0.280 e.